The van der Waals surface area contributed by atoms with E-state index < -0.39 is 0 Å². The fourth-order valence-electron chi connectivity index (χ4n) is 1.36. The van der Waals surface area contributed by atoms with Crippen molar-refractivity contribution in [2.75, 3.05) is 13.6 Å². The minimum atomic E-state index is -0.0631. The van der Waals surface area contributed by atoms with Gasteiger partial charge in [0.15, 0.2) is 5.84 Å². The van der Waals surface area contributed by atoms with Gasteiger partial charge in [-0.2, -0.15) is 0 Å². The fourth-order valence-corrected chi connectivity index (χ4v) is 1.36. The fraction of sp³-hybridized carbons (Fsp3) is 0.455. The monoisotopic (exact) mass is 222 g/mol. The average Bonchev–Trinajstić information content (AvgIpc) is 2.35. The second-order valence-electron chi connectivity index (χ2n) is 3.79. The Balaban J connectivity index is 2.44. The van der Waals surface area contributed by atoms with E-state index >= 15 is 0 Å². The summed E-state index contributed by atoms with van der Waals surface area (Å²) in [5, 5.41) is 11.6. The van der Waals surface area contributed by atoms with Gasteiger partial charge < -0.3 is 10.9 Å². The van der Waals surface area contributed by atoms with Crippen molar-refractivity contribution in [2.45, 2.75) is 19.4 Å². The lowest BCUT2D eigenvalue weighted by Crippen LogP contribution is -2.41. The Morgan fingerprint density at radius 3 is 2.75 bits per heavy atom. The molecule has 3 N–H and O–H groups in total. The summed E-state index contributed by atoms with van der Waals surface area (Å²) in [5.74, 6) is 0.234. The number of nitrogens with zero attached hydrogens (tertiary/aromatic N) is 3. The van der Waals surface area contributed by atoms with Gasteiger partial charge in [0.1, 0.15) is 0 Å². The maximum Gasteiger partial charge on any atom is 0.156 e. The molecule has 1 heterocycles. The Hall–Kier alpha value is -1.62. The lowest BCUT2D eigenvalue weighted by atomic mass is 10.2. The first-order valence-corrected chi connectivity index (χ1v) is 5.21. The molecule has 1 rings (SSSR count). The number of rotatable bonds is 5. The lowest BCUT2D eigenvalue weighted by Gasteiger charge is -2.23. The Labute approximate surface area is 95.6 Å². The Morgan fingerprint density at radius 2 is 2.19 bits per heavy atom. The minimum absolute atomic E-state index is 0.0631. The van der Waals surface area contributed by atoms with Crippen molar-refractivity contribution in [3.05, 3.63) is 30.1 Å². The molecule has 88 valence electrons. The maximum absolute atomic E-state index is 8.57. The number of likely N-dealkylation sites (N-methyl/N-ethyl adjacent to an activating group) is 1. The summed E-state index contributed by atoms with van der Waals surface area (Å²) in [6, 6.07) is 3.91. The van der Waals surface area contributed by atoms with Gasteiger partial charge in [0.2, 0.25) is 0 Å². The highest BCUT2D eigenvalue weighted by atomic mass is 16.4. The molecule has 1 atom stereocenters. The van der Waals surface area contributed by atoms with Gasteiger partial charge in [0, 0.05) is 18.9 Å². The van der Waals surface area contributed by atoms with Crippen molar-refractivity contribution in [3.63, 3.8) is 0 Å². The minimum Gasteiger partial charge on any atom is -0.409 e. The summed E-state index contributed by atoms with van der Waals surface area (Å²) in [7, 11) is 1.95. The summed E-state index contributed by atoms with van der Waals surface area (Å²) in [5.41, 5.74) is 6.76. The number of hydrogen-bond acceptors (Lipinski definition) is 4. The van der Waals surface area contributed by atoms with E-state index in [2.05, 4.69) is 10.1 Å². The second kappa shape index (κ2) is 6.07. The van der Waals surface area contributed by atoms with Crippen LogP contribution in [-0.4, -0.2) is 40.6 Å². The first-order valence-electron chi connectivity index (χ1n) is 5.21. The summed E-state index contributed by atoms with van der Waals surface area (Å²) in [6.07, 6.45) is 4.48. The van der Waals surface area contributed by atoms with Crippen LogP contribution in [0.4, 0.5) is 0 Å². The molecule has 5 heteroatoms. The van der Waals surface area contributed by atoms with Crippen LogP contribution in [0.5, 0.6) is 0 Å². The zero-order chi connectivity index (χ0) is 12.0. The third-order valence-corrected chi connectivity index (χ3v) is 2.71. The number of aromatic nitrogens is 1. The van der Waals surface area contributed by atoms with Crippen molar-refractivity contribution in [3.8, 4) is 0 Å². The molecular formula is C11H18N4O. The van der Waals surface area contributed by atoms with Crippen molar-refractivity contribution in [1.29, 1.82) is 0 Å². The van der Waals surface area contributed by atoms with E-state index in [1.165, 1.54) is 5.56 Å². The van der Waals surface area contributed by atoms with E-state index in [4.69, 9.17) is 10.9 Å². The molecule has 5 nitrogen and oxygen atoms in total. The molecule has 16 heavy (non-hydrogen) atoms. The van der Waals surface area contributed by atoms with E-state index in [9.17, 15) is 0 Å². The van der Waals surface area contributed by atoms with Crippen LogP contribution in [0.3, 0.4) is 0 Å². The van der Waals surface area contributed by atoms with E-state index in [0.717, 1.165) is 13.0 Å². The van der Waals surface area contributed by atoms with Crippen LogP contribution < -0.4 is 5.73 Å². The quantitative estimate of drug-likeness (QED) is 0.333. The van der Waals surface area contributed by atoms with Crippen LogP contribution in [0.2, 0.25) is 0 Å². The van der Waals surface area contributed by atoms with Crippen LogP contribution in [0.1, 0.15) is 12.5 Å². The molecule has 1 unspecified atom stereocenters. The first kappa shape index (κ1) is 12.4. The summed E-state index contributed by atoms with van der Waals surface area (Å²) < 4.78 is 0. The Morgan fingerprint density at radius 1 is 1.56 bits per heavy atom. The molecule has 0 fully saturated rings. The summed E-state index contributed by atoms with van der Waals surface area (Å²) in [6.45, 7) is 2.75. The molecule has 0 aromatic carbocycles. The summed E-state index contributed by atoms with van der Waals surface area (Å²) in [4.78, 5) is 6.00. The molecule has 0 bridgehead atoms. The molecule has 0 radical (unpaired) electrons. The molecule has 0 amide bonds. The molecule has 1 aromatic rings. The molecule has 0 saturated heterocycles. The molecule has 0 aliphatic rings. The van der Waals surface area contributed by atoms with E-state index in [-0.39, 0.29) is 11.9 Å². The molecule has 0 aliphatic carbocycles. The van der Waals surface area contributed by atoms with Gasteiger partial charge in [0.05, 0.1) is 6.04 Å². The van der Waals surface area contributed by atoms with Crippen LogP contribution >= 0.6 is 0 Å². The van der Waals surface area contributed by atoms with Gasteiger partial charge in [-0.3, -0.25) is 9.88 Å². The first-order chi connectivity index (χ1) is 7.65. The standard InChI is InChI=1S/C11H18N4O/c1-9(11(12)14-16)15(2)8-5-10-3-6-13-7-4-10/h3-4,6-7,9,16H,5,8H2,1-2H3,(H2,12,14). The Bertz CT molecular complexity index is 339. The summed E-state index contributed by atoms with van der Waals surface area (Å²) >= 11 is 0. The number of oxime groups is 1. The van der Waals surface area contributed by atoms with Crippen LogP contribution in [0.15, 0.2) is 29.7 Å². The lowest BCUT2D eigenvalue weighted by molar-refractivity contribution is 0.286. The van der Waals surface area contributed by atoms with E-state index in [1.807, 2.05) is 31.0 Å². The zero-order valence-corrected chi connectivity index (χ0v) is 9.67. The predicted molar refractivity (Wildman–Crippen MR) is 63.4 cm³/mol. The molecule has 0 saturated carbocycles. The van der Waals surface area contributed by atoms with Crippen molar-refractivity contribution in [2.24, 2.45) is 10.9 Å². The number of pyridine rings is 1. The average molecular weight is 222 g/mol. The normalized spacial score (nSPS) is 14.1. The van der Waals surface area contributed by atoms with Crippen molar-refractivity contribution >= 4 is 5.84 Å². The molecule has 1 aromatic heterocycles. The van der Waals surface area contributed by atoms with Crippen molar-refractivity contribution in [1.82, 2.24) is 9.88 Å². The number of hydrogen-bond donors (Lipinski definition) is 2. The van der Waals surface area contributed by atoms with Crippen LogP contribution in [0, 0.1) is 0 Å². The topological polar surface area (TPSA) is 74.7 Å². The molecular weight excluding hydrogens is 204 g/mol. The van der Waals surface area contributed by atoms with Gasteiger partial charge in [-0.15, -0.1) is 0 Å². The zero-order valence-electron chi connectivity index (χ0n) is 9.67. The maximum atomic E-state index is 8.57. The highest BCUT2D eigenvalue weighted by Crippen LogP contribution is 2.01. The number of amidine groups is 1. The Kier molecular flexibility index (Phi) is 4.72. The second-order valence-corrected chi connectivity index (χ2v) is 3.79. The van der Waals surface area contributed by atoms with Gasteiger partial charge in [-0.05, 0) is 38.1 Å². The highest BCUT2D eigenvalue weighted by Gasteiger charge is 2.13. The smallest absolute Gasteiger partial charge is 0.156 e. The third-order valence-electron chi connectivity index (χ3n) is 2.71. The van der Waals surface area contributed by atoms with Crippen molar-refractivity contribution < 1.29 is 5.21 Å². The van der Waals surface area contributed by atoms with Gasteiger partial charge >= 0.3 is 0 Å². The van der Waals surface area contributed by atoms with Crippen LogP contribution in [-0.2, 0) is 6.42 Å². The highest BCUT2D eigenvalue weighted by molar-refractivity contribution is 5.84. The van der Waals surface area contributed by atoms with Gasteiger partial charge in [-0.25, -0.2) is 0 Å². The van der Waals surface area contributed by atoms with E-state index in [0.29, 0.717) is 0 Å². The van der Waals surface area contributed by atoms with Gasteiger partial charge in [0.25, 0.3) is 0 Å². The van der Waals surface area contributed by atoms with E-state index in [1.54, 1.807) is 12.4 Å². The molecule has 0 spiro atoms. The van der Waals surface area contributed by atoms with Crippen LogP contribution in [0.25, 0.3) is 0 Å². The molecule has 0 aliphatic heterocycles. The largest absolute Gasteiger partial charge is 0.409 e. The predicted octanol–water partition coefficient (Wildman–Crippen LogP) is 0.691. The number of nitrogens with two attached hydrogens (primary N) is 1. The van der Waals surface area contributed by atoms with Gasteiger partial charge in [-0.1, -0.05) is 5.16 Å². The SMILES string of the molecule is CC(/C(N)=N/O)N(C)CCc1ccncc1. The third kappa shape index (κ3) is 3.51.